The summed E-state index contributed by atoms with van der Waals surface area (Å²) in [5.74, 6) is 2.57. The summed E-state index contributed by atoms with van der Waals surface area (Å²) in [6.07, 6.45) is 5.55. The number of nitrogens with zero attached hydrogens (tertiary/aromatic N) is 2. The number of hydrogen-bond acceptors (Lipinski definition) is 10. The zero-order valence-corrected chi connectivity index (χ0v) is 27.9. The molecule has 0 spiro atoms. The number of ether oxygens (including phenoxy) is 7. The van der Waals surface area contributed by atoms with E-state index in [1.165, 1.54) is 7.11 Å². The fourth-order valence-corrected chi connectivity index (χ4v) is 5.40. The highest BCUT2D eigenvalue weighted by molar-refractivity contribution is 5.94. The lowest BCUT2D eigenvalue weighted by Crippen LogP contribution is -2.12. The van der Waals surface area contributed by atoms with Crippen molar-refractivity contribution in [1.29, 1.82) is 0 Å². The summed E-state index contributed by atoms with van der Waals surface area (Å²) < 4.78 is 41.1. The summed E-state index contributed by atoms with van der Waals surface area (Å²) in [5, 5.41) is 0. The Hall–Kier alpha value is -5.45. The van der Waals surface area contributed by atoms with E-state index >= 15 is 0 Å². The molecule has 3 aromatic carbocycles. The predicted octanol–water partition coefficient (Wildman–Crippen LogP) is 6.65. The van der Waals surface area contributed by atoms with Crippen LogP contribution in [0.1, 0.15) is 54.0 Å². The van der Waals surface area contributed by atoms with Crippen molar-refractivity contribution in [3.8, 4) is 40.0 Å². The van der Waals surface area contributed by atoms with Crippen LogP contribution < -0.4 is 23.7 Å². The molecule has 5 rings (SSSR count). The van der Waals surface area contributed by atoms with Crippen molar-refractivity contribution in [3.63, 3.8) is 0 Å². The molecule has 11 nitrogen and oxygen atoms in total. The van der Waals surface area contributed by atoms with E-state index in [2.05, 4.69) is 11.5 Å². The number of methoxy groups -OCH3 is 3. The maximum Gasteiger partial charge on any atom is 0.338 e. The van der Waals surface area contributed by atoms with E-state index < -0.39 is 11.9 Å². The first-order valence-corrected chi connectivity index (χ1v) is 15.8. The van der Waals surface area contributed by atoms with Gasteiger partial charge in [0.2, 0.25) is 6.79 Å². The number of hydrogen-bond donors (Lipinski definition) is 0. The highest BCUT2D eigenvalue weighted by Crippen LogP contribution is 2.40. The van der Waals surface area contributed by atoms with Crippen LogP contribution in [0.25, 0.3) is 17.3 Å². The lowest BCUT2D eigenvalue weighted by molar-refractivity contribution is -0.138. The molecule has 0 atom stereocenters. The van der Waals surface area contributed by atoms with Crippen LogP contribution in [-0.4, -0.2) is 56.2 Å². The van der Waals surface area contributed by atoms with Crippen LogP contribution in [0.5, 0.6) is 28.7 Å². The molecular weight excluding hydrogens is 616 g/mol. The summed E-state index contributed by atoms with van der Waals surface area (Å²) in [7, 11) is 4.51. The van der Waals surface area contributed by atoms with Crippen LogP contribution in [0.4, 0.5) is 0 Å². The molecule has 0 N–H and O–H groups in total. The lowest BCUT2D eigenvalue weighted by atomic mass is 10.0. The molecule has 11 heteroatoms. The average Bonchev–Trinajstić information content (AvgIpc) is 3.74. The van der Waals surface area contributed by atoms with Crippen molar-refractivity contribution >= 4 is 18.0 Å². The number of unbranched alkanes of at least 4 members (excludes halogenated alkanes) is 1. The molecule has 1 aromatic heterocycles. The van der Waals surface area contributed by atoms with Gasteiger partial charge in [-0.3, -0.25) is 0 Å². The van der Waals surface area contributed by atoms with Crippen molar-refractivity contribution in [2.24, 2.45) is 0 Å². The summed E-state index contributed by atoms with van der Waals surface area (Å²) >= 11 is 0. The molecule has 0 saturated heterocycles. The number of imidazole rings is 1. The quantitative estimate of drug-likeness (QED) is 0.102. The molecule has 1 aliphatic rings. The number of rotatable bonds is 15. The van der Waals surface area contributed by atoms with E-state index in [-0.39, 0.29) is 26.4 Å². The van der Waals surface area contributed by atoms with E-state index in [4.69, 9.17) is 38.1 Å². The smallest absolute Gasteiger partial charge is 0.338 e. The Morgan fingerprint density at radius 1 is 0.938 bits per heavy atom. The van der Waals surface area contributed by atoms with E-state index in [9.17, 15) is 9.59 Å². The number of carbonyl (C=O) groups excluding carboxylic acids is 2. The monoisotopic (exact) mass is 656 g/mol. The molecule has 0 unspecified atom stereocenters. The number of aromatic nitrogens is 2. The first-order valence-electron chi connectivity index (χ1n) is 15.8. The summed E-state index contributed by atoms with van der Waals surface area (Å²) in [6, 6.07) is 16.3. The van der Waals surface area contributed by atoms with Crippen LogP contribution in [0, 0.1) is 0 Å². The van der Waals surface area contributed by atoms with Crippen molar-refractivity contribution < 1.29 is 42.7 Å². The summed E-state index contributed by atoms with van der Waals surface area (Å²) in [4.78, 5) is 30.5. The van der Waals surface area contributed by atoms with Crippen LogP contribution >= 0.6 is 0 Å². The van der Waals surface area contributed by atoms with Gasteiger partial charge in [0.15, 0.2) is 11.5 Å². The number of fused-ring (bicyclic) bond motifs is 1. The second-order valence-electron chi connectivity index (χ2n) is 10.9. The van der Waals surface area contributed by atoms with Gasteiger partial charge in [-0.2, -0.15) is 0 Å². The fourth-order valence-electron chi connectivity index (χ4n) is 5.40. The zero-order valence-electron chi connectivity index (χ0n) is 27.9. The van der Waals surface area contributed by atoms with Gasteiger partial charge in [-0.05, 0) is 43.7 Å². The third-order valence-corrected chi connectivity index (χ3v) is 7.89. The Morgan fingerprint density at radius 2 is 1.73 bits per heavy atom. The van der Waals surface area contributed by atoms with Gasteiger partial charge in [0.25, 0.3) is 0 Å². The fraction of sp³-hybridized carbons (Fsp3) is 0.324. The van der Waals surface area contributed by atoms with Gasteiger partial charge in [0.05, 0.1) is 45.4 Å². The zero-order chi connectivity index (χ0) is 34.0. The number of carbonyl (C=O) groups is 2. The largest absolute Gasteiger partial charge is 0.497 e. The highest BCUT2D eigenvalue weighted by Gasteiger charge is 2.23. The average molecular weight is 657 g/mol. The maximum atomic E-state index is 13.3. The molecule has 0 fully saturated rings. The highest BCUT2D eigenvalue weighted by atomic mass is 16.7. The van der Waals surface area contributed by atoms with Crippen molar-refractivity contribution in [3.05, 3.63) is 88.9 Å². The maximum absolute atomic E-state index is 13.3. The Balaban J connectivity index is 1.55. The van der Waals surface area contributed by atoms with Crippen LogP contribution in [0.15, 0.2) is 66.4 Å². The molecule has 0 aliphatic carbocycles. The third-order valence-electron chi connectivity index (χ3n) is 7.89. The predicted molar refractivity (Wildman–Crippen MR) is 179 cm³/mol. The minimum absolute atomic E-state index is 0.117. The minimum atomic E-state index is -0.457. The van der Waals surface area contributed by atoms with Gasteiger partial charge in [-0.25, -0.2) is 14.6 Å². The standard InChI is InChI=1S/C37H40N2O9/c1-6-8-15-39-30(29-14-13-27(42-3)19-32(29)46-22-24-11-9-10-12-28(24)37(41)44-5)21-38-35(39)18-26(36(40)45-7-2)16-25-17-33-34(48-23-47-33)20-31(25)43-4/h9-14,17-21H,6-8,15-16,22-23H2,1-5H3. The normalized spacial score (nSPS) is 12.1. The van der Waals surface area contributed by atoms with Crippen molar-refractivity contribution in [2.75, 3.05) is 34.7 Å². The van der Waals surface area contributed by atoms with Crippen molar-refractivity contribution in [1.82, 2.24) is 9.55 Å². The molecule has 48 heavy (non-hydrogen) atoms. The summed E-state index contributed by atoms with van der Waals surface area (Å²) in [5.41, 5.74) is 3.80. The van der Waals surface area contributed by atoms with Gasteiger partial charge in [0.1, 0.15) is 29.7 Å². The second-order valence-corrected chi connectivity index (χ2v) is 10.9. The van der Waals surface area contributed by atoms with Gasteiger partial charge in [0, 0.05) is 47.4 Å². The van der Waals surface area contributed by atoms with E-state index in [1.54, 1.807) is 57.7 Å². The van der Waals surface area contributed by atoms with Crippen LogP contribution in [0.2, 0.25) is 0 Å². The third kappa shape index (κ3) is 7.57. The minimum Gasteiger partial charge on any atom is -0.497 e. The Morgan fingerprint density at radius 3 is 2.46 bits per heavy atom. The van der Waals surface area contributed by atoms with E-state index in [1.807, 2.05) is 30.3 Å². The van der Waals surface area contributed by atoms with Gasteiger partial charge in [-0.1, -0.05) is 31.5 Å². The van der Waals surface area contributed by atoms with E-state index in [0.717, 1.165) is 29.7 Å². The topological polar surface area (TPSA) is 117 Å². The molecule has 0 bridgehead atoms. The number of benzene rings is 3. The molecule has 1 aliphatic heterocycles. The lowest BCUT2D eigenvalue weighted by Gasteiger charge is -2.17. The molecule has 252 valence electrons. The van der Waals surface area contributed by atoms with Crippen LogP contribution in [-0.2, 0) is 33.8 Å². The number of esters is 2. The molecule has 0 radical (unpaired) electrons. The van der Waals surface area contributed by atoms with Gasteiger partial charge >= 0.3 is 11.9 Å². The van der Waals surface area contributed by atoms with Gasteiger partial charge < -0.3 is 37.7 Å². The molecular formula is C37H40N2O9. The molecule has 0 amide bonds. The summed E-state index contributed by atoms with van der Waals surface area (Å²) in [6.45, 7) is 4.97. The molecule has 0 saturated carbocycles. The molecule has 2 heterocycles. The Bertz CT molecular complexity index is 1790. The Labute approximate surface area is 280 Å². The Kier molecular flexibility index (Phi) is 11.2. The SMILES string of the molecule is CCCCn1c(-c2ccc(OC)cc2OCc2ccccc2C(=O)OC)cnc1C=C(Cc1cc2c(cc1OC)OCO2)C(=O)OCC. The second kappa shape index (κ2) is 15.9. The van der Waals surface area contributed by atoms with Crippen LogP contribution in [0.3, 0.4) is 0 Å². The van der Waals surface area contributed by atoms with E-state index in [0.29, 0.717) is 57.8 Å². The first-order chi connectivity index (χ1) is 23.4. The first kappa shape index (κ1) is 33.9. The van der Waals surface area contributed by atoms with Gasteiger partial charge in [-0.15, -0.1) is 0 Å². The van der Waals surface area contributed by atoms with Crippen molar-refractivity contribution in [2.45, 2.75) is 46.3 Å². The molecule has 4 aromatic rings.